The second kappa shape index (κ2) is 6.17. The molecule has 3 heterocycles. The Balaban J connectivity index is 1.76. The highest BCUT2D eigenvalue weighted by molar-refractivity contribution is 5.88. The van der Waals surface area contributed by atoms with Gasteiger partial charge in [-0.05, 0) is 12.1 Å². The number of hydrogen-bond donors (Lipinski definition) is 2. The van der Waals surface area contributed by atoms with Gasteiger partial charge in [-0.3, -0.25) is 0 Å². The Morgan fingerprint density at radius 1 is 1.27 bits per heavy atom. The number of aromatic amines is 1. The van der Waals surface area contributed by atoms with E-state index in [1.54, 1.807) is 7.11 Å². The fraction of sp³-hybridized carbons (Fsp3) is 0.294. The van der Waals surface area contributed by atoms with Crippen LogP contribution >= 0.6 is 0 Å². The third kappa shape index (κ3) is 2.84. The molecule has 0 spiro atoms. The molecule has 9 heteroatoms. The van der Waals surface area contributed by atoms with E-state index < -0.39 is 11.9 Å². The molecule has 0 saturated heterocycles. The Labute approximate surface area is 146 Å². The van der Waals surface area contributed by atoms with Crippen molar-refractivity contribution in [1.29, 1.82) is 0 Å². The van der Waals surface area contributed by atoms with Crippen LogP contribution in [0.25, 0.3) is 11.0 Å². The standard InChI is InChI=1S/C17H15F3N4O2/c1-25-12-7-26-11-5-3-2-4-9(11)14(12)24-16-10-6-13(17(18,19)20)23-15(10)21-8-22-16/h2-6,8,12,14H,7H2,1H3,(H2,21,22,23,24)/t12-,14+/m1/s1. The summed E-state index contributed by atoms with van der Waals surface area (Å²) in [6.45, 7) is 0.320. The van der Waals surface area contributed by atoms with Crippen LogP contribution in [0.2, 0.25) is 0 Å². The van der Waals surface area contributed by atoms with Crippen LogP contribution in [0.5, 0.6) is 5.75 Å². The van der Waals surface area contributed by atoms with E-state index in [9.17, 15) is 13.2 Å². The molecule has 0 radical (unpaired) electrons. The van der Waals surface area contributed by atoms with Gasteiger partial charge in [-0.1, -0.05) is 18.2 Å². The van der Waals surface area contributed by atoms with Gasteiger partial charge in [0, 0.05) is 12.7 Å². The topological polar surface area (TPSA) is 72.1 Å². The number of hydrogen-bond acceptors (Lipinski definition) is 5. The molecule has 2 aromatic heterocycles. The molecule has 0 fully saturated rings. The van der Waals surface area contributed by atoms with Crippen LogP contribution in [0, 0.1) is 0 Å². The average molecular weight is 364 g/mol. The van der Waals surface area contributed by atoms with E-state index in [2.05, 4.69) is 20.3 Å². The number of rotatable bonds is 3. The molecule has 2 atom stereocenters. The van der Waals surface area contributed by atoms with Gasteiger partial charge in [0.1, 0.15) is 41.9 Å². The summed E-state index contributed by atoms with van der Waals surface area (Å²) in [5, 5.41) is 3.47. The van der Waals surface area contributed by atoms with Gasteiger partial charge < -0.3 is 19.8 Å². The third-order valence-electron chi connectivity index (χ3n) is 4.35. The van der Waals surface area contributed by atoms with E-state index in [0.29, 0.717) is 18.2 Å². The Hall–Kier alpha value is -2.81. The zero-order valence-electron chi connectivity index (χ0n) is 13.7. The van der Waals surface area contributed by atoms with Crippen molar-refractivity contribution in [2.75, 3.05) is 19.0 Å². The number of benzene rings is 1. The van der Waals surface area contributed by atoms with Gasteiger partial charge >= 0.3 is 6.18 Å². The maximum absolute atomic E-state index is 13.0. The fourth-order valence-electron chi connectivity index (χ4n) is 3.07. The van der Waals surface area contributed by atoms with E-state index in [0.717, 1.165) is 11.6 Å². The van der Waals surface area contributed by atoms with Gasteiger partial charge in [-0.2, -0.15) is 13.2 Å². The van der Waals surface area contributed by atoms with Gasteiger partial charge in [-0.15, -0.1) is 0 Å². The number of halogens is 3. The summed E-state index contributed by atoms with van der Waals surface area (Å²) in [4.78, 5) is 10.3. The molecular weight excluding hydrogens is 349 g/mol. The lowest BCUT2D eigenvalue weighted by Gasteiger charge is -2.33. The lowest BCUT2D eigenvalue weighted by Crippen LogP contribution is -2.36. The molecule has 0 bridgehead atoms. The number of methoxy groups -OCH3 is 1. The summed E-state index contributed by atoms with van der Waals surface area (Å²) in [7, 11) is 1.56. The maximum Gasteiger partial charge on any atom is 0.431 e. The van der Waals surface area contributed by atoms with Gasteiger partial charge in [0.25, 0.3) is 0 Å². The Morgan fingerprint density at radius 2 is 2.08 bits per heavy atom. The normalized spacial score (nSPS) is 19.8. The van der Waals surface area contributed by atoms with Crippen molar-refractivity contribution >= 4 is 16.9 Å². The van der Waals surface area contributed by atoms with Crippen LogP contribution in [0.4, 0.5) is 19.0 Å². The van der Waals surface area contributed by atoms with Crippen LogP contribution in [0.15, 0.2) is 36.7 Å². The number of aromatic nitrogens is 3. The van der Waals surface area contributed by atoms with E-state index in [-0.39, 0.29) is 23.2 Å². The van der Waals surface area contributed by atoms with Gasteiger partial charge in [0.2, 0.25) is 0 Å². The van der Waals surface area contributed by atoms with Crippen molar-refractivity contribution in [2.24, 2.45) is 0 Å². The van der Waals surface area contributed by atoms with Gasteiger partial charge in [0.15, 0.2) is 0 Å². The summed E-state index contributed by atoms with van der Waals surface area (Å²) in [5.41, 5.74) is 0.0970. The highest BCUT2D eigenvalue weighted by atomic mass is 19.4. The summed E-state index contributed by atoms with van der Waals surface area (Å²) in [5.74, 6) is 0.999. The molecule has 4 rings (SSSR count). The minimum Gasteiger partial charge on any atom is -0.490 e. The predicted molar refractivity (Wildman–Crippen MR) is 88.0 cm³/mol. The van der Waals surface area contributed by atoms with Crippen molar-refractivity contribution in [2.45, 2.75) is 18.3 Å². The molecule has 0 aliphatic carbocycles. The first-order valence-corrected chi connectivity index (χ1v) is 7.89. The number of alkyl halides is 3. The molecule has 1 aromatic carbocycles. The molecule has 2 N–H and O–H groups in total. The predicted octanol–water partition coefficient (Wildman–Crippen LogP) is 3.54. The Kier molecular flexibility index (Phi) is 3.95. The summed E-state index contributed by atoms with van der Waals surface area (Å²) in [6.07, 6.45) is -3.59. The van der Waals surface area contributed by atoms with Crippen LogP contribution in [-0.4, -0.2) is 34.8 Å². The highest BCUT2D eigenvalue weighted by Crippen LogP contribution is 2.37. The molecule has 6 nitrogen and oxygen atoms in total. The second-order valence-corrected chi connectivity index (χ2v) is 5.91. The first-order valence-electron chi connectivity index (χ1n) is 7.89. The van der Waals surface area contributed by atoms with Crippen LogP contribution < -0.4 is 10.1 Å². The largest absolute Gasteiger partial charge is 0.490 e. The van der Waals surface area contributed by atoms with Gasteiger partial charge in [0.05, 0.1) is 11.4 Å². The average Bonchev–Trinajstić information content (AvgIpc) is 3.08. The quantitative estimate of drug-likeness (QED) is 0.744. The number of nitrogens with zero attached hydrogens (tertiary/aromatic N) is 2. The minimum absolute atomic E-state index is 0.115. The molecular formula is C17H15F3N4O2. The third-order valence-corrected chi connectivity index (χ3v) is 4.35. The molecule has 0 unspecified atom stereocenters. The van der Waals surface area contributed by atoms with E-state index in [1.165, 1.54) is 6.33 Å². The SMILES string of the molecule is CO[C@@H]1COc2ccccc2[C@@H]1Nc1ncnc2[nH]c(C(F)(F)F)cc12. The molecule has 26 heavy (non-hydrogen) atoms. The number of anilines is 1. The first-order chi connectivity index (χ1) is 12.5. The van der Waals surface area contributed by atoms with Crippen molar-refractivity contribution in [3.8, 4) is 5.75 Å². The van der Waals surface area contributed by atoms with E-state index in [4.69, 9.17) is 9.47 Å². The number of H-pyrrole nitrogens is 1. The van der Waals surface area contributed by atoms with Crippen LogP contribution in [0.3, 0.4) is 0 Å². The number of nitrogens with one attached hydrogen (secondary N) is 2. The van der Waals surface area contributed by atoms with Crippen molar-refractivity contribution in [3.05, 3.63) is 47.9 Å². The summed E-state index contributed by atoms with van der Waals surface area (Å²) < 4.78 is 50.1. The fourth-order valence-corrected chi connectivity index (χ4v) is 3.07. The van der Waals surface area contributed by atoms with Crippen LogP contribution in [-0.2, 0) is 10.9 Å². The second-order valence-electron chi connectivity index (χ2n) is 5.91. The summed E-state index contributed by atoms with van der Waals surface area (Å²) in [6, 6.07) is 8.12. The molecule has 3 aromatic rings. The Morgan fingerprint density at radius 3 is 2.85 bits per heavy atom. The van der Waals surface area contributed by atoms with Gasteiger partial charge in [-0.25, -0.2) is 9.97 Å². The lowest BCUT2D eigenvalue weighted by molar-refractivity contribution is -0.140. The number of para-hydroxylation sites is 1. The van der Waals surface area contributed by atoms with E-state index >= 15 is 0 Å². The van der Waals surface area contributed by atoms with Crippen molar-refractivity contribution in [1.82, 2.24) is 15.0 Å². The van der Waals surface area contributed by atoms with Crippen molar-refractivity contribution < 1.29 is 22.6 Å². The monoisotopic (exact) mass is 364 g/mol. The number of ether oxygens (including phenoxy) is 2. The highest BCUT2D eigenvalue weighted by Gasteiger charge is 2.34. The van der Waals surface area contributed by atoms with Crippen LogP contribution in [0.1, 0.15) is 17.3 Å². The molecule has 1 aliphatic heterocycles. The summed E-state index contributed by atoms with van der Waals surface area (Å²) >= 11 is 0. The molecule has 0 saturated carbocycles. The van der Waals surface area contributed by atoms with E-state index in [1.807, 2.05) is 24.3 Å². The maximum atomic E-state index is 13.0. The zero-order valence-corrected chi connectivity index (χ0v) is 13.7. The lowest BCUT2D eigenvalue weighted by atomic mass is 9.98. The first kappa shape index (κ1) is 16.6. The number of fused-ring (bicyclic) bond motifs is 2. The van der Waals surface area contributed by atoms with Crippen molar-refractivity contribution in [3.63, 3.8) is 0 Å². The molecule has 136 valence electrons. The minimum atomic E-state index is -4.49. The Bertz CT molecular complexity index is 941. The molecule has 1 aliphatic rings. The zero-order chi connectivity index (χ0) is 18.3. The molecule has 0 amide bonds. The smallest absolute Gasteiger partial charge is 0.431 e.